The zero-order valence-corrected chi connectivity index (χ0v) is 21.9. The quantitative estimate of drug-likeness (QED) is 0.638. The fourth-order valence-electron chi connectivity index (χ4n) is 8.03. The van der Waals surface area contributed by atoms with Gasteiger partial charge in [0.2, 0.25) is 5.91 Å². The summed E-state index contributed by atoms with van der Waals surface area (Å²) in [5, 5.41) is 9.42. The first-order valence-corrected chi connectivity index (χ1v) is 13.7. The summed E-state index contributed by atoms with van der Waals surface area (Å²) in [6.07, 6.45) is 7.91. The van der Waals surface area contributed by atoms with Gasteiger partial charge >= 0.3 is 0 Å². The summed E-state index contributed by atoms with van der Waals surface area (Å²) in [4.78, 5) is 37.0. The Morgan fingerprint density at radius 2 is 1.95 bits per heavy atom. The molecule has 9 heteroatoms. The van der Waals surface area contributed by atoms with E-state index >= 15 is 0 Å². The molecule has 5 heterocycles. The molecule has 2 aromatic rings. The molecule has 4 atom stereocenters. The average Bonchev–Trinajstić information content (AvgIpc) is 3.16. The Balaban J connectivity index is 1.18. The van der Waals surface area contributed by atoms with Crippen LogP contribution in [0, 0.1) is 23.2 Å². The predicted molar refractivity (Wildman–Crippen MR) is 140 cm³/mol. The number of nitrogens with zero attached hydrogens (tertiary/aromatic N) is 8. The molecule has 2 aliphatic carbocycles. The van der Waals surface area contributed by atoms with E-state index in [1.807, 2.05) is 6.07 Å². The maximum Gasteiger partial charge on any atom is 0.244 e. The van der Waals surface area contributed by atoms with Crippen LogP contribution in [-0.2, 0) is 10.2 Å². The van der Waals surface area contributed by atoms with Gasteiger partial charge in [0.05, 0.1) is 11.6 Å². The summed E-state index contributed by atoms with van der Waals surface area (Å²) in [6.45, 7) is 8.53. The van der Waals surface area contributed by atoms with Crippen LogP contribution in [0.3, 0.4) is 0 Å². The molecule has 5 aliphatic rings. The Bertz CT molecular complexity index is 1310. The van der Waals surface area contributed by atoms with Gasteiger partial charge in [0.15, 0.2) is 0 Å². The van der Waals surface area contributed by atoms with Crippen molar-refractivity contribution in [2.75, 3.05) is 49.6 Å². The number of nitriles is 1. The van der Waals surface area contributed by atoms with Crippen LogP contribution in [0.5, 0.6) is 0 Å². The number of likely N-dealkylation sites (tertiary alicyclic amines) is 1. The highest BCUT2D eigenvalue weighted by atomic mass is 16.2. The van der Waals surface area contributed by atoms with Gasteiger partial charge in [0, 0.05) is 49.4 Å². The molecule has 9 nitrogen and oxygen atoms in total. The topological polar surface area (TPSA) is 92.5 Å². The van der Waals surface area contributed by atoms with Crippen molar-refractivity contribution < 1.29 is 4.79 Å². The second-order valence-corrected chi connectivity index (χ2v) is 11.9. The Kier molecular flexibility index (Phi) is 4.88. The van der Waals surface area contributed by atoms with E-state index in [4.69, 9.17) is 9.97 Å². The molecule has 192 valence electrons. The van der Waals surface area contributed by atoms with E-state index in [1.165, 1.54) is 12.0 Å². The number of hydrogen-bond donors (Lipinski definition) is 0. The number of piperidine rings is 1. The minimum absolute atomic E-state index is 0.0225. The second-order valence-electron chi connectivity index (χ2n) is 11.9. The van der Waals surface area contributed by atoms with Gasteiger partial charge in [-0.3, -0.25) is 9.69 Å². The Morgan fingerprint density at radius 3 is 2.62 bits per heavy atom. The zero-order chi connectivity index (χ0) is 25.5. The van der Waals surface area contributed by atoms with E-state index in [9.17, 15) is 10.1 Å². The Hall–Kier alpha value is -3.25. The lowest BCUT2D eigenvalue weighted by Crippen LogP contribution is -2.60. The van der Waals surface area contributed by atoms with Gasteiger partial charge in [-0.05, 0) is 63.7 Å². The molecule has 0 radical (unpaired) electrons. The van der Waals surface area contributed by atoms with Gasteiger partial charge in [0.1, 0.15) is 29.3 Å². The smallest absolute Gasteiger partial charge is 0.244 e. The lowest BCUT2D eigenvalue weighted by molar-refractivity contribution is -0.140. The van der Waals surface area contributed by atoms with Crippen molar-refractivity contribution in [2.45, 2.75) is 56.5 Å². The molecular weight excluding hydrogens is 464 g/mol. The van der Waals surface area contributed by atoms with Gasteiger partial charge in [-0.25, -0.2) is 15.0 Å². The molecule has 1 spiro atoms. The number of pyridine rings is 1. The van der Waals surface area contributed by atoms with Gasteiger partial charge in [-0.2, -0.15) is 5.26 Å². The van der Waals surface area contributed by atoms with Crippen LogP contribution in [0.15, 0.2) is 24.7 Å². The van der Waals surface area contributed by atoms with Crippen molar-refractivity contribution in [1.29, 1.82) is 5.26 Å². The number of amides is 1. The van der Waals surface area contributed by atoms with Gasteiger partial charge < -0.3 is 14.7 Å². The fraction of sp³-hybridized carbons (Fsp3) is 0.607. The molecule has 2 saturated heterocycles. The molecule has 3 unspecified atom stereocenters. The van der Waals surface area contributed by atoms with Crippen molar-refractivity contribution >= 4 is 23.4 Å². The third kappa shape index (κ3) is 2.99. The number of hydrogen-bond acceptors (Lipinski definition) is 8. The summed E-state index contributed by atoms with van der Waals surface area (Å²) in [5.74, 6) is 3.99. The SMILES string of the molecule is CC1CN(c2ncnc3c2C2(CCC2)CN3c2cc(C#N)ccn2)CCN1C(=O)C12C(CCN1C)[C@H]2C. The number of rotatable bonds is 3. The van der Waals surface area contributed by atoms with E-state index in [1.54, 1.807) is 18.6 Å². The minimum Gasteiger partial charge on any atom is -0.352 e. The predicted octanol–water partition coefficient (Wildman–Crippen LogP) is 2.69. The first-order valence-electron chi connectivity index (χ1n) is 13.7. The molecule has 0 N–H and O–H groups in total. The molecular formula is C28H34N8O. The van der Waals surface area contributed by atoms with Crippen molar-refractivity contribution in [3.8, 4) is 6.07 Å². The Morgan fingerprint density at radius 1 is 1.14 bits per heavy atom. The third-order valence-electron chi connectivity index (χ3n) is 10.2. The number of anilines is 3. The minimum atomic E-state index is -0.270. The highest BCUT2D eigenvalue weighted by molar-refractivity contribution is 5.92. The van der Waals surface area contributed by atoms with Crippen molar-refractivity contribution in [1.82, 2.24) is 24.8 Å². The van der Waals surface area contributed by atoms with E-state index in [-0.39, 0.29) is 17.0 Å². The zero-order valence-electron chi connectivity index (χ0n) is 21.9. The van der Waals surface area contributed by atoms with E-state index in [2.05, 4.69) is 51.5 Å². The summed E-state index contributed by atoms with van der Waals surface area (Å²) in [5.41, 5.74) is 1.58. The highest BCUT2D eigenvalue weighted by Crippen LogP contribution is 2.61. The van der Waals surface area contributed by atoms with Crippen molar-refractivity contribution in [3.63, 3.8) is 0 Å². The molecule has 1 amide bonds. The summed E-state index contributed by atoms with van der Waals surface area (Å²) < 4.78 is 0. The number of aromatic nitrogens is 3. The number of carbonyl (C=O) groups is 1. The molecule has 2 aromatic heterocycles. The molecule has 0 aromatic carbocycles. The first-order chi connectivity index (χ1) is 17.9. The lowest BCUT2D eigenvalue weighted by Gasteiger charge is -2.45. The van der Waals surface area contributed by atoms with Crippen LogP contribution in [0.4, 0.5) is 17.5 Å². The van der Waals surface area contributed by atoms with Crippen LogP contribution < -0.4 is 9.80 Å². The monoisotopic (exact) mass is 498 g/mol. The molecule has 3 aliphatic heterocycles. The van der Waals surface area contributed by atoms with E-state index in [0.29, 0.717) is 23.3 Å². The second kappa shape index (κ2) is 7.87. The standard InChI is InChI=1S/C28H34N8O/c1-18-15-34(11-12-35(18)26(37)28-19(2)21(28)6-10-33(28)3)24-23-25(32-17-31-24)36(16-27(23)7-4-8-27)22-13-20(14-29)5-9-30-22/h5,9,13,17-19,21H,4,6-8,10-12,15-16H2,1-3H3/t18?,19-,21?,28?/m1/s1. The summed E-state index contributed by atoms with van der Waals surface area (Å²) in [7, 11) is 2.12. The maximum absolute atomic E-state index is 13.8. The molecule has 2 saturated carbocycles. The highest BCUT2D eigenvalue weighted by Gasteiger charge is 2.73. The largest absolute Gasteiger partial charge is 0.352 e. The van der Waals surface area contributed by atoms with Crippen molar-refractivity contribution in [3.05, 3.63) is 35.8 Å². The van der Waals surface area contributed by atoms with E-state index < -0.39 is 0 Å². The fourth-order valence-corrected chi connectivity index (χ4v) is 8.03. The lowest BCUT2D eigenvalue weighted by atomic mass is 9.66. The molecule has 7 rings (SSSR count). The number of likely N-dealkylation sites (N-methyl/N-ethyl adjacent to an activating group) is 1. The third-order valence-corrected chi connectivity index (χ3v) is 10.2. The number of carbonyl (C=O) groups excluding carboxylic acids is 1. The maximum atomic E-state index is 13.8. The van der Waals surface area contributed by atoms with Gasteiger partial charge in [-0.1, -0.05) is 13.3 Å². The average molecular weight is 499 g/mol. The van der Waals surface area contributed by atoms with E-state index in [0.717, 1.165) is 69.4 Å². The van der Waals surface area contributed by atoms with Crippen LogP contribution >= 0.6 is 0 Å². The van der Waals surface area contributed by atoms with Gasteiger partial charge in [0.25, 0.3) is 0 Å². The molecule has 37 heavy (non-hydrogen) atoms. The van der Waals surface area contributed by atoms with Crippen LogP contribution in [-0.4, -0.2) is 82.0 Å². The molecule has 0 bridgehead atoms. The first kappa shape index (κ1) is 22.9. The van der Waals surface area contributed by atoms with Crippen LogP contribution in [0.25, 0.3) is 0 Å². The van der Waals surface area contributed by atoms with Gasteiger partial charge in [-0.15, -0.1) is 0 Å². The summed E-state index contributed by atoms with van der Waals surface area (Å²) in [6, 6.07) is 5.94. The van der Waals surface area contributed by atoms with Crippen LogP contribution in [0.2, 0.25) is 0 Å². The summed E-state index contributed by atoms with van der Waals surface area (Å²) >= 11 is 0. The van der Waals surface area contributed by atoms with Crippen LogP contribution in [0.1, 0.15) is 50.7 Å². The number of fused-ring (bicyclic) bond motifs is 3. The normalized spacial score (nSPS) is 31.6. The Labute approximate surface area is 218 Å². The van der Waals surface area contributed by atoms with Crippen molar-refractivity contribution in [2.24, 2.45) is 11.8 Å². The number of piperazine rings is 1. The molecule has 4 fully saturated rings.